The zero-order valence-corrected chi connectivity index (χ0v) is 8.06. The van der Waals surface area contributed by atoms with Crippen LogP contribution < -0.4 is 0 Å². The molecule has 0 bridgehead atoms. The summed E-state index contributed by atoms with van der Waals surface area (Å²) in [5.41, 5.74) is 0. The lowest BCUT2D eigenvalue weighted by atomic mass is 10.0. The number of sulfonamides is 1. The molecular weight excluding hydrogens is 162 g/mol. The number of rotatable bonds is 1. The van der Waals surface area contributed by atoms with E-state index >= 15 is 0 Å². The molecule has 0 saturated carbocycles. The Morgan fingerprint density at radius 3 is 1.73 bits per heavy atom. The molecular formula is C7H15NO2S. The molecule has 1 aliphatic heterocycles. The molecule has 0 N–H and O–H groups in total. The Morgan fingerprint density at radius 2 is 1.55 bits per heavy atom. The topological polar surface area (TPSA) is 37.4 Å². The lowest BCUT2D eigenvalue weighted by Gasteiger charge is -2.11. The van der Waals surface area contributed by atoms with Crippen LogP contribution in [-0.2, 0) is 10.0 Å². The van der Waals surface area contributed by atoms with Crippen LogP contribution in [0.3, 0.4) is 0 Å². The summed E-state index contributed by atoms with van der Waals surface area (Å²) >= 11 is 0. The molecule has 0 amide bonds. The molecule has 11 heavy (non-hydrogen) atoms. The second-order valence-corrected chi connectivity index (χ2v) is 5.52. The van der Waals surface area contributed by atoms with E-state index in [2.05, 4.69) is 13.8 Å². The van der Waals surface area contributed by atoms with Gasteiger partial charge in [-0.25, -0.2) is 12.7 Å². The fraction of sp³-hybridized carbons (Fsp3) is 1.00. The summed E-state index contributed by atoms with van der Waals surface area (Å²) in [6.07, 6.45) is 1.28. The van der Waals surface area contributed by atoms with Crippen molar-refractivity contribution < 1.29 is 8.42 Å². The summed E-state index contributed by atoms with van der Waals surface area (Å²) in [5.74, 6) is 1.01. The molecule has 1 saturated heterocycles. The van der Waals surface area contributed by atoms with E-state index in [9.17, 15) is 8.42 Å². The minimum Gasteiger partial charge on any atom is -0.213 e. The molecule has 0 radical (unpaired) electrons. The lowest BCUT2D eigenvalue weighted by molar-refractivity contribution is 0.468. The van der Waals surface area contributed by atoms with E-state index in [1.165, 1.54) is 6.26 Å². The van der Waals surface area contributed by atoms with Gasteiger partial charge in [-0.05, 0) is 11.8 Å². The van der Waals surface area contributed by atoms with E-state index in [0.29, 0.717) is 24.9 Å². The van der Waals surface area contributed by atoms with Gasteiger partial charge >= 0.3 is 0 Å². The van der Waals surface area contributed by atoms with Gasteiger partial charge < -0.3 is 0 Å². The third-order valence-corrected chi connectivity index (χ3v) is 3.66. The van der Waals surface area contributed by atoms with Crippen LogP contribution in [0.1, 0.15) is 13.8 Å². The molecule has 1 rings (SSSR count). The molecule has 1 heterocycles. The van der Waals surface area contributed by atoms with Gasteiger partial charge in [0.05, 0.1) is 6.26 Å². The first-order valence-corrected chi connectivity index (χ1v) is 5.71. The molecule has 0 aromatic heterocycles. The fourth-order valence-electron chi connectivity index (χ4n) is 1.35. The summed E-state index contributed by atoms with van der Waals surface area (Å²) in [4.78, 5) is 0. The number of hydrogen-bond donors (Lipinski definition) is 0. The SMILES string of the molecule is C[C@@H]1CN(S(C)(=O)=O)C[C@@H]1C. The molecule has 66 valence electrons. The quantitative estimate of drug-likeness (QED) is 0.586. The van der Waals surface area contributed by atoms with Crippen molar-refractivity contribution in [2.75, 3.05) is 19.3 Å². The highest BCUT2D eigenvalue weighted by Gasteiger charge is 2.31. The van der Waals surface area contributed by atoms with E-state index in [-0.39, 0.29) is 0 Å². The van der Waals surface area contributed by atoms with Crippen molar-refractivity contribution in [2.24, 2.45) is 11.8 Å². The van der Waals surface area contributed by atoms with Gasteiger partial charge in [0.25, 0.3) is 0 Å². The highest BCUT2D eigenvalue weighted by atomic mass is 32.2. The largest absolute Gasteiger partial charge is 0.213 e. The first-order chi connectivity index (χ1) is 4.91. The fourth-order valence-corrected chi connectivity index (χ4v) is 2.36. The summed E-state index contributed by atoms with van der Waals surface area (Å²) in [6.45, 7) is 5.58. The van der Waals surface area contributed by atoms with Crippen molar-refractivity contribution >= 4 is 10.0 Å². The Hall–Kier alpha value is -0.0900. The van der Waals surface area contributed by atoms with Gasteiger partial charge in [0.1, 0.15) is 0 Å². The maximum absolute atomic E-state index is 11.1. The highest BCUT2D eigenvalue weighted by molar-refractivity contribution is 7.88. The van der Waals surface area contributed by atoms with Crippen molar-refractivity contribution in [3.63, 3.8) is 0 Å². The van der Waals surface area contributed by atoms with Crippen molar-refractivity contribution in [3.8, 4) is 0 Å². The van der Waals surface area contributed by atoms with Crippen LogP contribution in [0.5, 0.6) is 0 Å². The molecule has 0 spiro atoms. The maximum atomic E-state index is 11.1. The zero-order valence-electron chi connectivity index (χ0n) is 7.24. The van der Waals surface area contributed by atoms with E-state index in [1.54, 1.807) is 4.31 Å². The molecule has 0 unspecified atom stereocenters. The van der Waals surface area contributed by atoms with Crippen LogP contribution in [0, 0.1) is 11.8 Å². The first kappa shape index (κ1) is 9.00. The lowest BCUT2D eigenvalue weighted by Crippen LogP contribution is -2.27. The van der Waals surface area contributed by atoms with Crippen molar-refractivity contribution in [1.82, 2.24) is 4.31 Å². The third kappa shape index (κ3) is 1.93. The Morgan fingerprint density at radius 1 is 1.18 bits per heavy atom. The Labute approximate surface area is 68.4 Å². The normalized spacial score (nSPS) is 34.5. The van der Waals surface area contributed by atoms with Crippen molar-refractivity contribution in [2.45, 2.75) is 13.8 Å². The average Bonchev–Trinajstić information content (AvgIpc) is 2.11. The van der Waals surface area contributed by atoms with Gasteiger partial charge in [0, 0.05) is 13.1 Å². The van der Waals surface area contributed by atoms with E-state index in [4.69, 9.17) is 0 Å². The van der Waals surface area contributed by atoms with Crippen LogP contribution in [0.15, 0.2) is 0 Å². The number of nitrogens with zero attached hydrogens (tertiary/aromatic N) is 1. The minimum absolute atomic E-state index is 0.504. The van der Waals surface area contributed by atoms with Crippen LogP contribution in [0.4, 0.5) is 0 Å². The van der Waals surface area contributed by atoms with Gasteiger partial charge in [-0.3, -0.25) is 0 Å². The van der Waals surface area contributed by atoms with Crippen LogP contribution in [0.2, 0.25) is 0 Å². The van der Waals surface area contributed by atoms with Crippen LogP contribution in [-0.4, -0.2) is 32.1 Å². The maximum Gasteiger partial charge on any atom is 0.211 e. The predicted molar refractivity (Wildman–Crippen MR) is 44.7 cm³/mol. The molecule has 0 aliphatic carbocycles. The van der Waals surface area contributed by atoms with Crippen LogP contribution in [0.25, 0.3) is 0 Å². The van der Waals surface area contributed by atoms with Crippen LogP contribution >= 0.6 is 0 Å². The summed E-state index contributed by atoms with van der Waals surface area (Å²) in [7, 11) is -2.94. The Balaban J connectivity index is 2.69. The Kier molecular flexibility index (Phi) is 2.25. The van der Waals surface area contributed by atoms with Gasteiger partial charge in [-0.2, -0.15) is 0 Å². The molecule has 0 aromatic rings. The molecule has 1 fully saturated rings. The zero-order chi connectivity index (χ0) is 8.65. The summed E-state index contributed by atoms with van der Waals surface area (Å²) in [5, 5.41) is 0. The first-order valence-electron chi connectivity index (χ1n) is 3.86. The second-order valence-electron chi connectivity index (χ2n) is 3.53. The molecule has 4 heteroatoms. The van der Waals surface area contributed by atoms with Gasteiger partial charge in [0.2, 0.25) is 10.0 Å². The van der Waals surface area contributed by atoms with Gasteiger partial charge in [0.15, 0.2) is 0 Å². The monoisotopic (exact) mass is 177 g/mol. The summed E-state index contributed by atoms with van der Waals surface area (Å²) < 4.78 is 23.7. The number of hydrogen-bond acceptors (Lipinski definition) is 2. The molecule has 2 atom stereocenters. The van der Waals surface area contributed by atoms with Gasteiger partial charge in [-0.1, -0.05) is 13.8 Å². The predicted octanol–water partition coefficient (Wildman–Crippen LogP) is 0.534. The highest BCUT2D eigenvalue weighted by Crippen LogP contribution is 2.23. The smallest absolute Gasteiger partial charge is 0.211 e. The second kappa shape index (κ2) is 2.75. The molecule has 0 aromatic carbocycles. The minimum atomic E-state index is -2.94. The van der Waals surface area contributed by atoms with E-state index < -0.39 is 10.0 Å². The van der Waals surface area contributed by atoms with E-state index in [0.717, 1.165) is 0 Å². The Bertz CT molecular complexity index is 225. The van der Waals surface area contributed by atoms with Crippen molar-refractivity contribution in [1.29, 1.82) is 0 Å². The molecule has 1 aliphatic rings. The third-order valence-electron chi connectivity index (χ3n) is 2.42. The average molecular weight is 177 g/mol. The molecule has 3 nitrogen and oxygen atoms in total. The van der Waals surface area contributed by atoms with Gasteiger partial charge in [-0.15, -0.1) is 0 Å². The standard InChI is InChI=1S/C7H15NO2S/c1-6-4-8(5-7(6)2)11(3,9)10/h6-7H,4-5H2,1-3H3/t6-,7+. The summed E-state index contributed by atoms with van der Waals surface area (Å²) in [6, 6.07) is 0. The van der Waals surface area contributed by atoms with Crippen molar-refractivity contribution in [3.05, 3.63) is 0 Å². The van der Waals surface area contributed by atoms with E-state index in [1.807, 2.05) is 0 Å².